The van der Waals surface area contributed by atoms with E-state index in [1.807, 2.05) is 48.5 Å². The van der Waals surface area contributed by atoms with Gasteiger partial charge in [-0.05, 0) is 24.0 Å². The first-order valence-electron chi connectivity index (χ1n) is 7.64. The molecular weight excluding hydrogens is 256 g/mol. The quantitative estimate of drug-likeness (QED) is 0.646. The normalized spacial score (nSPS) is 11.4. The molecular formula is C20H22O. The summed E-state index contributed by atoms with van der Waals surface area (Å²) in [6, 6.07) is 20.2. The fraction of sp³-hybridized carbons (Fsp3) is 0.250. The van der Waals surface area contributed by atoms with Crippen molar-refractivity contribution in [1.29, 1.82) is 0 Å². The Morgan fingerprint density at radius 1 is 0.952 bits per heavy atom. The van der Waals surface area contributed by atoms with Crippen molar-refractivity contribution in [3.05, 3.63) is 77.9 Å². The van der Waals surface area contributed by atoms with E-state index in [2.05, 4.69) is 25.1 Å². The molecule has 0 unspecified atom stereocenters. The maximum absolute atomic E-state index is 12.5. The number of benzene rings is 2. The van der Waals surface area contributed by atoms with Crippen molar-refractivity contribution < 1.29 is 4.79 Å². The van der Waals surface area contributed by atoms with E-state index in [0.29, 0.717) is 6.42 Å². The van der Waals surface area contributed by atoms with Crippen LogP contribution >= 0.6 is 0 Å². The van der Waals surface area contributed by atoms with Gasteiger partial charge in [-0.1, -0.05) is 80.1 Å². The van der Waals surface area contributed by atoms with Gasteiger partial charge in [-0.2, -0.15) is 0 Å². The molecule has 2 rings (SSSR count). The third kappa shape index (κ3) is 4.71. The highest BCUT2D eigenvalue weighted by atomic mass is 16.1. The molecule has 0 atom stereocenters. The monoisotopic (exact) mass is 278 g/mol. The van der Waals surface area contributed by atoms with Crippen molar-refractivity contribution in [3.8, 4) is 0 Å². The van der Waals surface area contributed by atoms with Gasteiger partial charge >= 0.3 is 0 Å². The Kier molecular flexibility index (Phi) is 5.96. The minimum Gasteiger partial charge on any atom is -0.294 e. The second kappa shape index (κ2) is 8.21. The number of unbranched alkanes of at least 4 members (excludes halogenated alkanes) is 1. The van der Waals surface area contributed by atoms with Crippen molar-refractivity contribution in [2.45, 2.75) is 32.6 Å². The molecule has 0 spiro atoms. The zero-order valence-electron chi connectivity index (χ0n) is 12.6. The van der Waals surface area contributed by atoms with Gasteiger partial charge in [-0.25, -0.2) is 0 Å². The van der Waals surface area contributed by atoms with Crippen LogP contribution in [0.25, 0.3) is 5.57 Å². The van der Waals surface area contributed by atoms with Crippen LogP contribution in [-0.4, -0.2) is 5.78 Å². The summed E-state index contributed by atoms with van der Waals surface area (Å²) in [5.74, 6) is 0.249. The number of ketones is 1. The summed E-state index contributed by atoms with van der Waals surface area (Å²) in [6.45, 7) is 2.11. The van der Waals surface area contributed by atoms with Gasteiger partial charge < -0.3 is 0 Å². The van der Waals surface area contributed by atoms with Crippen LogP contribution in [0.5, 0.6) is 0 Å². The number of Topliss-reactive ketones (excluding diaryl/α,β-unsaturated/α-hetero) is 1. The lowest BCUT2D eigenvalue weighted by Crippen LogP contribution is -2.02. The van der Waals surface area contributed by atoms with Gasteiger partial charge in [0, 0.05) is 12.0 Å². The second-order valence-corrected chi connectivity index (χ2v) is 5.20. The summed E-state index contributed by atoms with van der Waals surface area (Å²) < 4.78 is 0. The standard InChI is InChI=1S/C20H22O/c1-2-3-14-20(21)19(18-12-8-5-9-13-18)16-15-17-10-6-4-7-11-17/h4-13,16H,2-3,14-15H2,1H3/b19-16+. The van der Waals surface area contributed by atoms with E-state index in [1.54, 1.807) is 0 Å². The predicted octanol–water partition coefficient (Wildman–Crippen LogP) is 5.07. The van der Waals surface area contributed by atoms with Crippen LogP contribution in [0.2, 0.25) is 0 Å². The summed E-state index contributed by atoms with van der Waals surface area (Å²) in [5, 5.41) is 0. The first-order chi connectivity index (χ1) is 10.3. The molecule has 1 nitrogen and oxygen atoms in total. The molecule has 108 valence electrons. The number of hydrogen-bond donors (Lipinski definition) is 0. The number of hydrogen-bond acceptors (Lipinski definition) is 1. The molecule has 0 saturated heterocycles. The molecule has 0 heterocycles. The molecule has 0 saturated carbocycles. The molecule has 0 amide bonds. The molecule has 0 aliphatic carbocycles. The van der Waals surface area contributed by atoms with E-state index < -0.39 is 0 Å². The summed E-state index contributed by atoms with van der Waals surface area (Å²) in [4.78, 5) is 12.5. The van der Waals surface area contributed by atoms with E-state index in [1.165, 1.54) is 5.56 Å². The lowest BCUT2D eigenvalue weighted by Gasteiger charge is -2.07. The van der Waals surface area contributed by atoms with Crippen molar-refractivity contribution in [2.24, 2.45) is 0 Å². The fourth-order valence-electron chi connectivity index (χ4n) is 2.32. The Hall–Kier alpha value is -2.15. The lowest BCUT2D eigenvalue weighted by atomic mass is 9.96. The third-order valence-electron chi connectivity index (χ3n) is 3.53. The van der Waals surface area contributed by atoms with E-state index in [0.717, 1.165) is 30.4 Å². The number of rotatable bonds is 7. The van der Waals surface area contributed by atoms with Crippen LogP contribution in [-0.2, 0) is 11.2 Å². The minimum absolute atomic E-state index is 0.249. The molecule has 0 fully saturated rings. The summed E-state index contributed by atoms with van der Waals surface area (Å²) in [7, 11) is 0. The Bertz CT molecular complexity index is 582. The zero-order chi connectivity index (χ0) is 14.9. The summed E-state index contributed by atoms with van der Waals surface area (Å²) >= 11 is 0. The molecule has 0 aliphatic heterocycles. The Morgan fingerprint density at radius 3 is 2.19 bits per heavy atom. The summed E-state index contributed by atoms with van der Waals surface area (Å²) in [5.41, 5.74) is 3.11. The number of carbonyl (C=O) groups is 1. The zero-order valence-corrected chi connectivity index (χ0v) is 12.6. The molecule has 0 aromatic heterocycles. The molecule has 0 radical (unpaired) electrons. The largest absolute Gasteiger partial charge is 0.294 e. The topological polar surface area (TPSA) is 17.1 Å². The highest BCUT2D eigenvalue weighted by Gasteiger charge is 2.10. The van der Waals surface area contributed by atoms with E-state index >= 15 is 0 Å². The van der Waals surface area contributed by atoms with Crippen molar-refractivity contribution in [2.75, 3.05) is 0 Å². The van der Waals surface area contributed by atoms with E-state index in [9.17, 15) is 4.79 Å². The first-order valence-corrected chi connectivity index (χ1v) is 7.64. The minimum atomic E-state index is 0.249. The molecule has 2 aromatic rings. The van der Waals surface area contributed by atoms with Crippen LogP contribution in [0, 0.1) is 0 Å². The van der Waals surface area contributed by atoms with Crippen molar-refractivity contribution in [3.63, 3.8) is 0 Å². The number of carbonyl (C=O) groups excluding carboxylic acids is 1. The highest BCUT2D eigenvalue weighted by Crippen LogP contribution is 2.19. The maximum Gasteiger partial charge on any atom is 0.163 e. The average Bonchev–Trinajstić information content (AvgIpc) is 2.55. The van der Waals surface area contributed by atoms with E-state index in [4.69, 9.17) is 0 Å². The van der Waals surface area contributed by atoms with Gasteiger partial charge in [0.15, 0.2) is 5.78 Å². The van der Waals surface area contributed by atoms with Gasteiger partial charge in [-0.3, -0.25) is 4.79 Å². The van der Waals surface area contributed by atoms with E-state index in [-0.39, 0.29) is 5.78 Å². The molecule has 0 bridgehead atoms. The van der Waals surface area contributed by atoms with Crippen LogP contribution in [0.4, 0.5) is 0 Å². The smallest absolute Gasteiger partial charge is 0.163 e. The third-order valence-corrected chi connectivity index (χ3v) is 3.53. The van der Waals surface area contributed by atoms with Gasteiger partial charge in [-0.15, -0.1) is 0 Å². The van der Waals surface area contributed by atoms with Crippen molar-refractivity contribution in [1.82, 2.24) is 0 Å². The van der Waals surface area contributed by atoms with Crippen LogP contribution < -0.4 is 0 Å². The number of allylic oxidation sites excluding steroid dienone is 2. The Labute approximate surface area is 127 Å². The summed E-state index contributed by atoms with van der Waals surface area (Å²) in [6.07, 6.45) is 5.50. The molecule has 1 heteroatoms. The predicted molar refractivity (Wildman–Crippen MR) is 89.1 cm³/mol. The van der Waals surface area contributed by atoms with Gasteiger partial charge in [0.25, 0.3) is 0 Å². The SMILES string of the molecule is CCCCC(=O)/C(=C/Cc1ccccc1)c1ccccc1. The van der Waals surface area contributed by atoms with Gasteiger partial charge in [0.2, 0.25) is 0 Å². The lowest BCUT2D eigenvalue weighted by molar-refractivity contribution is -0.113. The first kappa shape index (κ1) is 15.2. The van der Waals surface area contributed by atoms with Gasteiger partial charge in [0.05, 0.1) is 0 Å². The Morgan fingerprint density at radius 2 is 1.57 bits per heavy atom. The van der Waals surface area contributed by atoms with Gasteiger partial charge in [0.1, 0.15) is 0 Å². The second-order valence-electron chi connectivity index (χ2n) is 5.20. The van der Waals surface area contributed by atoms with Crippen LogP contribution in [0.15, 0.2) is 66.7 Å². The molecule has 21 heavy (non-hydrogen) atoms. The van der Waals surface area contributed by atoms with Crippen LogP contribution in [0.3, 0.4) is 0 Å². The maximum atomic E-state index is 12.5. The Balaban J connectivity index is 2.21. The average molecular weight is 278 g/mol. The fourth-order valence-corrected chi connectivity index (χ4v) is 2.32. The molecule has 0 aliphatic rings. The molecule has 0 N–H and O–H groups in total. The highest BCUT2D eigenvalue weighted by molar-refractivity contribution is 6.20. The molecule has 2 aromatic carbocycles. The van der Waals surface area contributed by atoms with Crippen LogP contribution in [0.1, 0.15) is 37.3 Å². The van der Waals surface area contributed by atoms with Crippen molar-refractivity contribution >= 4 is 11.4 Å².